The van der Waals surface area contributed by atoms with Crippen molar-refractivity contribution >= 4 is 5.97 Å². The molecule has 1 aromatic heterocycles. The van der Waals surface area contributed by atoms with Gasteiger partial charge in [-0.1, -0.05) is 6.42 Å². The number of aromatic nitrogens is 2. The lowest BCUT2D eigenvalue weighted by atomic mass is 10.1. The minimum Gasteiger partial charge on any atom is -0.480 e. The number of nitrogens with two attached hydrogens (primary N) is 1. The number of rotatable bonds is 10. The van der Waals surface area contributed by atoms with Gasteiger partial charge in [0.1, 0.15) is 12.4 Å². The number of nitrogens with zero attached hydrogens (tertiary/aromatic N) is 3. The fraction of sp³-hybridized carbons (Fsp3) is 0.636. The Bertz CT molecular complexity index is 407. The van der Waals surface area contributed by atoms with Gasteiger partial charge in [0.2, 0.25) is 0 Å². The minimum atomic E-state index is -0.938. The van der Waals surface area contributed by atoms with Crippen molar-refractivity contribution < 1.29 is 9.90 Å². The second-order valence-electron chi connectivity index (χ2n) is 4.23. The smallest absolute Gasteiger partial charge is 0.321 e. The van der Waals surface area contributed by atoms with Gasteiger partial charge in [-0.25, -0.2) is 4.98 Å². The van der Waals surface area contributed by atoms with Crippen molar-refractivity contribution in [2.75, 3.05) is 13.1 Å². The van der Waals surface area contributed by atoms with Crippen molar-refractivity contribution in [2.24, 2.45) is 11.0 Å². The van der Waals surface area contributed by atoms with E-state index in [4.69, 9.17) is 10.8 Å². The highest BCUT2D eigenvalue weighted by Gasteiger charge is 2.18. The molecule has 1 aromatic rings. The molecule has 0 saturated carbocycles. The molecule has 0 radical (unpaired) electrons. The number of nitroso groups, excluding NO2 is 1. The number of aliphatic carboxylic acids is 1. The predicted octanol–water partition coefficient (Wildman–Crippen LogP) is 0.127. The van der Waals surface area contributed by atoms with Crippen LogP contribution in [0.4, 0.5) is 0 Å². The summed E-state index contributed by atoms with van der Waals surface area (Å²) in [6.45, 7) is 1.27. The zero-order valence-corrected chi connectivity index (χ0v) is 10.7. The molecule has 0 aliphatic heterocycles. The lowest BCUT2D eigenvalue weighted by Gasteiger charge is -2.12. The lowest BCUT2D eigenvalue weighted by Crippen LogP contribution is -2.39. The van der Waals surface area contributed by atoms with Crippen molar-refractivity contribution in [2.45, 2.75) is 31.7 Å². The molecule has 1 unspecified atom stereocenters. The van der Waals surface area contributed by atoms with E-state index in [1.807, 2.05) is 0 Å². The third-order valence-corrected chi connectivity index (χ3v) is 2.70. The van der Waals surface area contributed by atoms with Crippen LogP contribution in [0.15, 0.2) is 17.8 Å². The maximum atomic E-state index is 11.1. The average molecular weight is 269 g/mol. The van der Waals surface area contributed by atoms with E-state index in [1.165, 1.54) is 12.5 Å². The van der Waals surface area contributed by atoms with Crippen molar-refractivity contribution in [3.05, 3.63) is 23.1 Å². The standard InChI is InChI=1S/C11H19N5O3/c12-4-2-1-3-5-13-10(11(17)18)6-9-7-16(15-19)8-14-9/h7-8,10,13H,1-6,12H2,(H,17,18). The van der Waals surface area contributed by atoms with Crippen LogP contribution in [-0.4, -0.2) is 39.9 Å². The molecule has 0 fully saturated rings. The number of hydrogen-bond acceptors (Lipinski definition) is 6. The molecule has 19 heavy (non-hydrogen) atoms. The molecule has 0 bridgehead atoms. The Morgan fingerprint density at radius 2 is 2.32 bits per heavy atom. The summed E-state index contributed by atoms with van der Waals surface area (Å²) < 4.78 is 1.01. The molecule has 0 aromatic carbocycles. The normalized spacial score (nSPS) is 12.3. The fourth-order valence-corrected chi connectivity index (χ4v) is 1.68. The molecule has 106 valence electrons. The van der Waals surface area contributed by atoms with Gasteiger partial charge >= 0.3 is 5.97 Å². The zero-order valence-electron chi connectivity index (χ0n) is 10.7. The molecule has 0 aliphatic rings. The first-order chi connectivity index (χ1) is 9.17. The summed E-state index contributed by atoms with van der Waals surface area (Å²) in [5.74, 6) is -0.938. The van der Waals surface area contributed by atoms with Crippen LogP contribution in [0.25, 0.3) is 0 Å². The van der Waals surface area contributed by atoms with E-state index < -0.39 is 12.0 Å². The maximum absolute atomic E-state index is 11.1. The monoisotopic (exact) mass is 269 g/mol. The van der Waals surface area contributed by atoms with Gasteiger partial charge in [0.25, 0.3) is 0 Å². The minimum absolute atomic E-state index is 0.217. The Hall–Kier alpha value is -1.80. The Labute approximate surface area is 111 Å². The Kier molecular flexibility index (Phi) is 6.69. The van der Waals surface area contributed by atoms with Gasteiger partial charge in [-0.05, 0) is 25.9 Å². The molecule has 0 aliphatic carbocycles. The van der Waals surface area contributed by atoms with E-state index in [0.717, 1.165) is 23.9 Å². The van der Waals surface area contributed by atoms with E-state index in [0.29, 0.717) is 18.8 Å². The lowest BCUT2D eigenvalue weighted by molar-refractivity contribution is -0.139. The predicted molar refractivity (Wildman–Crippen MR) is 69.5 cm³/mol. The highest BCUT2D eigenvalue weighted by atomic mass is 16.4. The van der Waals surface area contributed by atoms with Crippen LogP contribution >= 0.6 is 0 Å². The number of carboxylic acid groups (broad SMARTS) is 1. The van der Waals surface area contributed by atoms with Gasteiger partial charge in [-0.2, -0.15) is 4.68 Å². The molecule has 0 spiro atoms. The zero-order chi connectivity index (χ0) is 14.1. The van der Waals surface area contributed by atoms with Gasteiger partial charge in [-0.3, -0.25) is 4.79 Å². The van der Waals surface area contributed by atoms with Gasteiger partial charge in [0.15, 0.2) is 0 Å². The first-order valence-electron chi connectivity index (χ1n) is 6.20. The maximum Gasteiger partial charge on any atom is 0.321 e. The summed E-state index contributed by atoms with van der Waals surface area (Å²) in [7, 11) is 0. The van der Waals surface area contributed by atoms with E-state index in [2.05, 4.69) is 15.6 Å². The molecule has 4 N–H and O–H groups in total. The molecule has 1 rings (SSSR count). The summed E-state index contributed by atoms with van der Waals surface area (Å²) in [4.78, 5) is 25.3. The Morgan fingerprint density at radius 3 is 2.89 bits per heavy atom. The average Bonchev–Trinajstić information content (AvgIpc) is 2.84. The molecule has 0 amide bonds. The first kappa shape index (κ1) is 15.3. The summed E-state index contributed by atoms with van der Waals surface area (Å²) in [5, 5.41) is 14.7. The van der Waals surface area contributed by atoms with Crippen LogP contribution in [0.2, 0.25) is 0 Å². The van der Waals surface area contributed by atoms with Gasteiger partial charge in [0.05, 0.1) is 17.2 Å². The second-order valence-corrected chi connectivity index (χ2v) is 4.23. The Morgan fingerprint density at radius 1 is 1.53 bits per heavy atom. The molecular formula is C11H19N5O3. The van der Waals surface area contributed by atoms with Gasteiger partial charge in [0, 0.05) is 6.42 Å². The van der Waals surface area contributed by atoms with E-state index >= 15 is 0 Å². The van der Waals surface area contributed by atoms with Crippen LogP contribution in [0.5, 0.6) is 0 Å². The summed E-state index contributed by atoms with van der Waals surface area (Å²) in [6.07, 6.45) is 5.68. The van der Waals surface area contributed by atoms with Crippen LogP contribution in [0.1, 0.15) is 25.0 Å². The summed E-state index contributed by atoms with van der Waals surface area (Å²) in [6, 6.07) is -0.715. The van der Waals surface area contributed by atoms with E-state index in [1.54, 1.807) is 0 Å². The van der Waals surface area contributed by atoms with Crippen LogP contribution in [0.3, 0.4) is 0 Å². The van der Waals surface area contributed by atoms with Crippen molar-refractivity contribution in [3.8, 4) is 0 Å². The van der Waals surface area contributed by atoms with Crippen molar-refractivity contribution in [1.29, 1.82) is 0 Å². The van der Waals surface area contributed by atoms with Crippen molar-refractivity contribution in [1.82, 2.24) is 15.0 Å². The largest absolute Gasteiger partial charge is 0.480 e. The topological polar surface area (TPSA) is 123 Å². The molecule has 1 heterocycles. The number of carbonyl (C=O) groups is 1. The van der Waals surface area contributed by atoms with Gasteiger partial charge in [-0.15, -0.1) is 4.91 Å². The van der Waals surface area contributed by atoms with Crippen LogP contribution in [-0.2, 0) is 11.2 Å². The van der Waals surface area contributed by atoms with Crippen LogP contribution in [0, 0.1) is 4.91 Å². The van der Waals surface area contributed by atoms with E-state index in [9.17, 15) is 9.70 Å². The molecule has 0 saturated heterocycles. The fourth-order valence-electron chi connectivity index (χ4n) is 1.68. The SMILES string of the molecule is NCCCCCNC(Cc1cn(N=O)cn1)C(=O)O. The number of imidazole rings is 1. The molecule has 1 atom stereocenters. The van der Waals surface area contributed by atoms with Gasteiger partial charge < -0.3 is 16.2 Å². The molecule has 8 nitrogen and oxygen atoms in total. The number of unbranched alkanes of at least 4 members (excludes halogenated alkanes) is 2. The molecule has 8 heteroatoms. The highest BCUT2D eigenvalue weighted by Crippen LogP contribution is 2.02. The number of hydrogen-bond donors (Lipinski definition) is 3. The van der Waals surface area contributed by atoms with Crippen molar-refractivity contribution in [3.63, 3.8) is 0 Å². The molecular weight excluding hydrogens is 250 g/mol. The number of nitrogens with one attached hydrogen (secondary N) is 1. The second kappa shape index (κ2) is 8.33. The number of carboxylic acids is 1. The van der Waals surface area contributed by atoms with Crippen LogP contribution < -0.4 is 11.1 Å². The third-order valence-electron chi connectivity index (χ3n) is 2.70. The first-order valence-corrected chi connectivity index (χ1v) is 6.20. The summed E-state index contributed by atoms with van der Waals surface area (Å²) in [5.41, 5.74) is 5.89. The third kappa shape index (κ3) is 5.58. The highest BCUT2D eigenvalue weighted by molar-refractivity contribution is 5.73. The quantitative estimate of drug-likeness (QED) is 0.410. The van der Waals surface area contributed by atoms with E-state index in [-0.39, 0.29) is 6.42 Å². The summed E-state index contributed by atoms with van der Waals surface area (Å²) >= 11 is 0. The Balaban J connectivity index is 2.39.